The first kappa shape index (κ1) is 15.3. The summed E-state index contributed by atoms with van der Waals surface area (Å²) >= 11 is 1.97. The molecule has 0 amide bonds. The highest BCUT2D eigenvalue weighted by atomic mass is 32.2. The second-order valence-electron chi connectivity index (χ2n) is 5.65. The van der Waals surface area contributed by atoms with Crippen molar-refractivity contribution in [3.63, 3.8) is 0 Å². The number of piperidine rings is 1. The fourth-order valence-corrected chi connectivity index (χ4v) is 3.48. The smallest absolute Gasteiger partial charge is 0.0117 e. The molecule has 1 heterocycles. The molecule has 0 spiro atoms. The van der Waals surface area contributed by atoms with Crippen LogP contribution in [0.1, 0.15) is 33.6 Å². The zero-order valence-corrected chi connectivity index (χ0v) is 12.9. The van der Waals surface area contributed by atoms with Crippen LogP contribution in [0, 0.1) is 11.8 Å². The van der Waals surface area contributed by atoms with Crippen LogP contribution in [-0.2, 0) is 0 Å². The molecule has 1 rings (SSSR count). The van der Waals surface area contributed by atoms with Gasteiger partial charge in [-0.3, -0.25) is 0 Å². The zero-order chi connectivity index (χ0) is 12.7. The lowest BCUT2D eigenvalue weighted by Gasteiger charge is -2.38. The Bertz CT molecular complexity index is 199. The molecule has 0 saturated carbocycles. The lowest BCUT2D eigenvalue weighted by Crippen LogP contribution is -2.49. The van der Waals surface area contributed by atoms with Gasteiger partial charge in [0.2, 0.25) is 0 Å². The Kier molecular flexibility index (Phi) is 7.56. The molecular formula is C14H30N2S. The summed E-state index contributed by atoms with van der Waals surface area (Å²) in [5.74, 6) is 2.93. The topological polar surface area (TPSA) is 15.3 Å². The van der Waals surface area contributed by atoms with Crippen molar-refractivity contribution < 1.29 is 0 Å². The van der Waals surface area contributed by atoms with Gasteiger partial charge in [-0.05, 0) is 49.8 Å². The van der Waals surface area contributed by atoms with Crippen LogP contribution in [-0.4, -0.2) is 49.1 Å². The van der Waals surface area contributed by atoms with E-state index in [9.17, 15) is 0 Å². The van der Waals surface area contributed by atoms with E-state index in [-0.39, 0.29) is 0 Å². The lowest BCUT2D eigenvalue weighted by atomic mass is 9.93. The van der Waals surface area contributed by atoms with Gasteiger partial charge in [0.15, 0.2) is 0 Å². The fourth-order valence-electron chi connectivity index (χ4n) is 2.81. The SMILES string of the molecule is CCCNC1CCN(CC(C)CSC)CC1C. The molecule has 1 N–H and O–H groups in total. The molecule has 0 aromatic carbocycles. The number of thioether (sulfide) groups is 1. The first-order valence-electron chi connectivity index (χ1n) is 7.12. The lowest BCUT2D eigenvalue weighted by molar-refractivity contribution is 0.135. The quantitative estimate of drug-likeness (QED) is 0.756. The first-order chi connectivity index (χ1) is 8.17. The van der Waals surface area contributed by atoms with Gasteiger partial charge in [-0.2, -0.15) is 11.8 Å². The van der Waals surface area contributed by atoms with Crippen LogP contribution >= 0.6 is 11.8 Å². The maximum Gasteiger partial charge on any atom is 0.0117 e. The summed E-state index contributed by atoms with van der Waals surface area (Å²) < 4.78 is 0. The van der Waals surface area contributed by atoms with E-state index in [1.165, 1.54) is 44.8 Å². The Balaban J connectivity index is 2.26. The van der Waals surface area contributed by atoms with Gasteiger partial charge >= 0.3 is 0 Å². The van der Waals surface area contributed by atoms with E-state index in [4.69, 9.17) is 0 Å². The molecule has 0 aromatic heterocycles. The van der Waals surface area contributed by atoms with Gasteiger partial charge in [-0.15, -0.1) is 0 Å². The van der Waals surface area contributed by atoms with Crippen molar-refractivity contribution in [2.75, 3.05) is 38.2 Å². The Labute approximate surface area is 112 Å². The van der Waals surface area contributed by atoms with E-state index in [0.29, 0.717) is 0 Å². The number of hydrogen-bond donors (Lipinski definition) is 1. The highest BCUT2D eigenvalue weighted by molar-refractivity contribution is 7.98. The third-order valence-electron chi connectivity index (χ3n) is 3.67. The van der Waals surface area contributed by atoms with Crippen LogP contribution in [0.4, 0.5) is 0 Å². The molecule has 102 valence electrons. The van der Waals surface area contributed by atoms with Gasteiger partial charge in [0.05, 0.1) is 0 Å². The monoisotopic (exact) mass is 258 g/mol. The highest BCUT2D eigenvalue weighted by Crippen LogP contribution is 2.18. The summed E-state index contributed by atoms with van der Waals surface area (Å²) in [5.41, 5.74) is 0. The van der Waals surface area contributed by atoms with E-state index in [0.717, 1.165) is 17.9 Å². The average molecular weight is 258 g/mol. The molecule has 1 aliphatic heterocycles. The Morgan fingerprint density at radius 2 is 2.24 bits per heavy atom. The Morgan fingerprint density at radius 1 is 1.47 bits per heavy atom. The van der Waals surface area contributed by atoms with Crippen molar-refractivity contribution in [3.05, 3.63) is 0 Å². The molecule has 0 aliphatic carbocycles. The van der Waals surface area contributed by atoms with Crippen LogP contribution in [0.3, 0.4) is 0 Å². The van der Waals surface area contributed by atoms with Crippen molar-refractivity contribution in [3.8, 4) is 0 Å². The average Bonchev–Trinajstić information content (AvgIpc) is 2.28. The first-order valence-corrected chi connectivity index (χ1v) is 8.51. The molecule has 1 aliphatic rings. The largest absolute Gasteiger partial charge is 0.314 e. The standard InChI is InChI=1S/C14H30N2S/c1-5-7-15-14-6-8-16(10-13(14)3)9-12(2)11-17-4/h12-15H,5-11H2,1-4H3. The van der Waals surface area contributed by atoms with Crippen LogP contribution in [0.5, 0.6) is 0 Å². The van der Waals surface area contributed by atoms with Crippen molar-refractivity contribution in [2.24, 2.45) is 11.8 Å². The summed E-state index contributed by atoms with van der Waals surface area (Å²) in [6.07, 6.45) is 4.78. The third kappa shape index (κ3) is 5.62. The molecule has 0 aromatic rings. The van der Waals surface area contributed by atoms with Gasteiger partial charge < -0.3 is 10.2 Å². The molecule has 1 saturated heterocycles. The molecule has 3 heteroatoms. The zero-order valence-electron chi connectivity index (χ0n) is 12.0. The Hall–Kier alpha value is 0.270. The molecule has 1 fully saturated rings. The number of hydrogen-bond acceptors (Lipinski definition) is 3. The number of nitrogens with zero attached hydrogens (tertiary/aromatic N) is 1. The Morgan fingerprint density at radius 3 is 2.82 bits per heavy atom. The van der Waals surface area contributed by atoms with Gasteiger partial charge in [0.25, 0.3) is 0 Å². The molecule has 0 bridgehead atoms. The van der Waals surface area contributed by atoms with Gasteiger partial charge in [0, 0.05) is 19.1 Å². The minimum absolute atomic E-state index is 0.752. The molecule has 2 nitrogen and oxygen atoms in total. The minimum Gasteiger partial charge on any atom is -0.314 e. The molecule has 3 atom stereocenters. The van der Waals surface area contributed by atoms with E-state index >= 15 is 0 Å². The van der Waals surface area contributed by atoms with Gasteiger partial charge in [0.1, 0.15) is 0 Å². The van der Waals surface area contributed by atoms with E-state index < -0.39 is 0 Å². The predicted octanol–water partition coefficient (Wildman–Crippen LogP) is 2.70. The maximum atomic E-state index is 3.69. The van der Waals surface area contributed by atoms with Crippen LogP contribution < -0.4 is 5.32 Å². The second kappa shape index (κ2) is 8.39. The fraction of sp³-hybridized carbons (Fsp3) is 1.00. The van der Waals surface area contributed by atoms with E-state index in [1.807, 2.05) is 11.8 Å². The van der Waals surface area contributed by atoms with E-state index in [1.54, 1.807) is 0 Å². The third-order valence-corrected chi connectivity index (χ3v) is 4.57. The van der Waals surface area contributed by atoms with Crippen molar-refractivity contribution in [1.82, 2.24) is 10.2 Å². The highest BCUT2D eigenvalue weighted by Gasteiger charge is 2.25. The number of likely N-dealkylation sites (tertiary alicyclic amines) is 1. The second-order valence-corrected chi connectivity index (χ2v) is 6.56. The normalized spacial score (nSPS) is 28.2. The van der Waals surface area contributed by atoms with Gasteiger partial charge in [-0.1, -0.05) is 20.8 Å². The molecule has 17 heavy (non-hydrogen) atoms. The van der Waals surface area contributed by atoms with Crippen LogP contribution in [0.2, 0.25) is 0 Å². The number of nitrogens with one attached hydrogen (secondary N) is 1. The van der Waals surface area contributed by atoms with Crippen molar-refractivity contribution in [1.29, 1.82) is 0 Å². The maximum absolute atomic E-state index is 3.69. The summed E-state index contributed by atoms with van der Waals surface area (Å²) in [5, 5.41) is 3.69. The van der Waals surface area contributed by atoms with Gasteiger partial charge in [-0.25, -0.2) is 0 Å². The predicted molar refractivity (Wildman–Crippen MR) is 79.8 cm³/mol. The summed E-state index contributed by atoms with van der Waals surface area (Å²) in [6, 6.07) is 0.752. The molecule has 0 radical (unpaired) electrons. The van der Waals surface area contributed by atoms with Crippen molar-refractivity contribution >= 4 is 11.8 Å². The summed E-state index contributed by atoms with van der Waals surface area (Å²) in [6.45, 7) is 12.0. The molecular weight excluding hydrogens is 228 g/mol. The van der Waals surface area contributed by atoms with Crippen molar-refractivity contribution in [2.45, 2.75) is 39.7 Å². The van der Waals surface area contributed by atoms with E-state index in [2.05, 4.69) is 37.2 Å². The minimum atomic E-state index is 0.752. The summed E-state index contributed by atoms with van der Waals surface area (Å²) in [7, 11) is 0. The van der Waals surface area contributed by atoms with Crippen LogP contribution in [0.25, 0.3) is 0 Å². The molecule has 3 unspecified atom stereocenters. The van der Waals surface area contributed by atoms with Crippen LogP contribution in [0.15, 0.2) is 0 Å². The number of rotatable bonds is 7. The summed E-state index contributed by atoms with van der Waals surface area (Å²) in [4.78, 5) is 2.66.